The lowest BCUT2D eigenvalue weighted by molar-refractivity contribution is 0.0946. The Bertz CT molecular complexity index is 1510. The Kier molecular flexibility index (Phi) is 7.65. The molecule has 0 fully saturated rings. The van der Waals surface area contributed by atoms with Gasteiger partial charge in [0.1, 0.15) is 18.1 Å². The van der Waals surface area contributed by atoms with Gasteiger partial charge in [-0.05, 0) is 48.9 Å². The molecule has 4 rings (SSSR count). The van der Waals surface area contributed by atoms with Crippen molar-refractivity contribution in [3.05, 3.63) is 92.0 Å². The van der Waals surface area contributed by atoms with E-state index in [2.05, 4.69) is 15.3 Å². The van der Waals surface area contributed by atoms with Gasteiger partial charge in [-0.3, -0.25) is 18.7 Å². The molecule has 0 aliphatic carbocycles. The van der Waals surface area contributed by atoms with Gasteiger partial charge in [-0.2, -0.15) is 0 Å². The lowest BCUT2D eigenvalue weighted by Crippen LogP contribution is -2.40. The Hall–Kier alpha value is -4.18. The van der Waals surface area contributed by atoms with Crippen LogP contribution in [0.25, 0.3) is 10.9 Å². The summed E-state index contributed by atoms with van der Waals surface area (Å²) in [5.41, 5.74) is 0.148. The van der Waals surface area contributed by atoms with Crippen LogP contribution in [0.2, 0.25) is 5.02 Å². The summed E-state index contributed by atoms with van der Waals surface area (Å²) in [6.45, 7) is 2.68. The summed E-state index contributed by atoms with van der Waals surface area (Å²) in [4.78, 5) is 46.9. The normalized spacial score (nSPS) is 10.9. The molecule has 0 saturated carbocycles. The molecule has 0 aliphatic heterocycles. The Labute approximate surface area is 211 Å². The van der Waals surface area contributed by atoms with Crippen LogP contribution < -0.4 is 26.0 Å². The Morgan fingerprint density at radius 2 is 1.86 bits per heavy atom. The van der Waals surface area contributed by atoms with E-state index >= 15 is 0 Å². The fraction of sp³-hybridized carbons (Fsp3) is 0.240. The van der Waals surface area contributed by atoms with Gasteiger partial charge in [-0.1, -0.05) is 11.6 Å². The molecule has 0 radical (unpaired) electrons. The second kappa shape index (κ2) is 11.0. The number of benzene rings is 1. The molecule has 1 amide bonds. The van der Waals surface area contributed by atoms with E-state index in [1.807, 2.05) is 6.92 Å². The highest BCUT2D eigenvalue weighted by Crippen LogP contribution is 2.15. The third-order valence-electron chi connectivity index (χ3n) is 5.41. The van der Waals surface area contributed by atoms with Crippen molar-refractivity contribution in [1.82, 2.24) is 24.4 Å². The SMILES string of the molecule is CCOc1cc(CNC(=O)c2cc3c(=O)n(CCOc4ccc(Cl)cc4)c(=O)n(C)c3cn2)ccn1. The van der Waals surface area contributed by atoms with Crippen LogP contribution in [0.1, 0.15) is 23.0 Å². The summed E-state index contributed by atoms with van der Waals surface area (Å²) in [5.74, 6) is 0.572. The number of nitrogens with zero attached hydrogens (tertiary/aromatic N) is 4. The number of carbonyl (C=O) groups excluding carboxylic acids is 1. The van der Waals surface area contributed by atoms with Gasteiger partial charge in [-0.25, -0.2) is 14.8 Å². The fourth-order valence-corrected chi connectivity index (χ4v) is 3.70. The van der Waals surface area contributed by atoms with Gasteiger partial charge in [0.15, 0.2) is 0 Å². The molecule has 0 unspecified atom stereocenters. The van der Waals surface area contributed by atoms with Crippen LogP contribution in [0.5, 0.6) is 11.6 Å². The average molecular weight is 510 g/mol. The molecular weight excluding hydrogens is 486 g/mol. The Balaban J connectivity index is 1.53. The summed E-state index contributed by atoms with van der Waals surface area (Å²) in [6.07, 6.45) is 2.95. The summed E-state index contributed by atoms with van der Waals surface area (Å²) < 4.78 is 13.4. The van der Waals surface area contributed by atoms with Crippen molar-refractivity contribution in [2.45, 2.75) is 20.0 Å². The van der Waals surface area contributed by atoms with Gasteiger partial charge in [0.05, 0.1) is 30.3 Å². The molecule has 10 nitrogen and oxygen atoms in total. The number of amides is 1. The van der Waals surface area contributed by atoms with Crippen LogP contribution in [0.3, 0.4) is 0 Å². The number of hydrogen-bond acceptors (Lipinski definition) is 7. The monoisotopic (exact) mass is 509 g/mol. The van der Waals surface area contributed by atoms with Crippen LogP contribution in [0.15, 0.2) is 64.4 Å². The molecule has 0 bridgehead atoms. The van der Waals surface area contributed by atoms with Gasteiger partial charge < -0.3 is 14.8 Å². The molecule has 0 atom stereocenters. The van der Waals surface area contributed by atoms with Crippen LogP contribution in [0.4, 0.5) is 0 Å². The summed E-state index contributed by atoms with van der Waals surface area (Å²) in [5, 5.41) is 3.55. The first-order valence-electron chi connectivity index (χ1n) is 11.2. The number of carbonyl (C=O) groups is 1. The van der Waals surface area contributed by atoms with Gasteiger partial charge in [0.2, 0.25) is 5.88 Å². The van der Waals surface area contributed by atoms with Crippen molar-refractivity contribution < 1.29 is 14.3 Å². The first kappa shape index (κ1) is 24.9. The number of aryl methyl sites for hydroxylation is 1. The molecular formula is C25H24ClN5O5. The standard InChI is InChI=1S/C25H24ClN5O5/c1-3-35-22-12-16(8-9-27-22)14-29-23(32)20-13-19-21(15-28-20)30(2)25(34)31(24(19)33)10-11-36-18-6-4-17(26)5-7-18/h4-9,12-13,15H,3,10-11,14H2,1-2H3,(H,29,32). The van der Waals surface area contributed by atoms with E-state index in [4.69, 9.17) is 21.1 Å². The molecule has 4 aromatic rings. The van der Waals surface area contributed by atoms with Crippen LogP contribution in [-0.2, 0) is 20.1 Å². The van der Waals surface area contributed by atoms with E-state index in [0.717, 1.165) is 10.1 Å². The molecule has 11 heteroatoms. The van der Waals surface area contributed by atoms with Gasteiger partial charge in [0.25, 0.3) is 11.5 Å². The molecule has 0 saturated heterocycles. The molecule has 36 heavy (non-hydrogen) atoms. The highest BCUT2D eigenvalue weighted by atomic mass is 35.5. The zero-order valence-electron chi connectivity index (χ0n) is 19.7. The lowest BCUT2D eigenvalue weighted by atomic mass is 10.2. The number of rotatable bonds is 9. The molecule has 0 spiro atoms. The molecule has 1 aromatic carbocycles. The first-order valence-corrected chi connectivity index (χ1v) is 11.6. The van der Waals surface area contributed by atoms with Gasteiger partial charge >= 0.3 is 5.69 Å². The minimum atomic E-state index is -0.528. The van der Waals surface area contributed by atoms with Crippen LogP contribution in [0, 0.1) is 0 Å². The number of aromatic nitrogens is 4. The lowest BCUT2D eigenvalue weighted by Gasteiger charge is -2.12. The van der Waals surface area contributed by atoms with E-state index in [1.54, 1.807) is 49.6 Å². The molecule has 1 N–H and O–H groups in total. The van der Waals surface area contributed by atoms with E-state index in [-0.39, 0.29) is 30.8 Å². The summed E-state index contributed by atoms with van der Waals surface area (Å²) in [7, 11) is 1.54. The van der Waals surface area contributed by atoms with Gasteiger partial charge in [-0.15, -0.1) is 0 Å². The number of halogens is 1. The number of fused-ring (bicyclic) bond motifs is 1. The molecule has 3 heterocycles. The fourth-order valence-electron chi connectivity index (χ4n) is 3.57. The Morgan fingerprint density at radius 3 is 2.61 bits per heavy atom. The van der Waals surface area contributed by atoms with Crippen molar-refractivity contribution in [3.63, 3.8) is 0 Å². The zero-order valence-corrected chi connectivity index (χ0v) is 20.5. The van der Waals surface area contributed by atoms with Crippen molar-refractivity contribution in [1.29, 1.82) is 0 Å². The van der Waals surface area contributed by atoms with E-state index < -0.39 is 17.2 Å². The number of ether oxygens (including phenoxy) is 2. The molecule has 0 aliphatic rings. The number of pyridine rings is 2. The third kappa shape index (κ3) is 5.55. The van der Waals surface area contributed by atoms with Gasteiger partial charge in [0, 0.05) is 30.9 Å². The zero-order chi connectivity index (χ0) is 25.7. The van der Waals surface area contributed by atoms with E-state index in [9.17, 15) is 14.4 Å². The second-order valence-electron chi connectivity index (χ2n) is 7.81. The predicted octanol–water partition coefficient (Wildman–Crippen LogP) is 2.55. The Morgan fingerprint density at radius 1 is 1.08 bits per heavy atom. The quantitative estimate of drug-likeness (QED) is 0.368. The van der Waals surface area contributed by atoms with Crippen LogP contribution >= 0.6 is 11.6 Å². The van der Waals surface area contributed by atoms with Crippen molar-refractivity contribution in [2.24, 2.45) is 7.05 Å². The van der Waals surface area contributed by atoms with Crippen molar-refractivity contribution in [2.75, 3.05) is 13.2 Å². The smallest absolute Gasteiger partial charge is 0.331 e. The largest absolute Gasteiger partial charge is 0.492 e. The van der Waals surface area contributed by atoms with E-state index in [1.165, 1.54) is 16.8 Å². The predicted molar refractivity (Wildman–Crippen MR) is 135 cm³/mol. The third-order valence-corrected chi connectivity index (χ3v) is 5.66. The average Bonchev–Trinajstić information content (AvgIpc) is 2.89. The van der Waals surface area contributed by atoms with Crippen molar-refractivity contribution >= 4 is 28.4 Å². The number of nitrogens with one attached hydrogen (secondary N) is 1. The summed E-state index contributed by atoms with van der Waals surface area (Å²) >= 11 is 5.87. The molecule has 3 aromatic heterocycles. The first-order chi connectivity index (χ1) is 17.4. The maximum atomic E-state index is 13.1. The topological polar surface area (TPSA) is 117 Å². The summed E-state index contributed by atoms with van der Waals surface area (Å²) in [6, 6.07) is 11.7. The highest BCUT2D eigenvalue weighted by molar-refractivity contribution is 6.30. The minimum absolute atomic E-state index is 0.0259. The van der Waals surface area contributed by atoms with Crippen molar-refractivity contribution in [3.8, 4) is 11.6 Å². The second-order valence-corrected chi connectivity index (χ2v) is 8.24. The molecule has 186 valence electrons. The minimum Gasteiger partial charge on any atom is -0.492 e. The maximum absolute atomic E-state index is 13.1. The number of hydrogen-bond donors (Lipinski definition) is 1. The highest BCUT2D eigenvalue weighted by Gasteiger charge is 2.15. The maximum Gasteiger partial charge on any atom is 0.331 e. The van der Waals surface area contributed by atoms with Crippen LogP contribution in [-0.4, -0.2) is 38.2 Å². The van der Waals surface area contributed by atoms with E-state index in [0.29, 0.717) is 28.8 Å².